The fourth-order valence-electron chi connectivity index (χ4n) is 1.84. The first-order valence-corrected chi connectivity index (χ1v) is 6.14. The van der Waals surface area contributed by atoms with Crippen LogP contribution >= 0.6 is 0 Å². The van der Waals surface area contributed by atoms with Crippen molar-refractivity contribution < 1.29 is 0 Å². The number of hydrogen-bond acceptors (Lipinski definition) is 2. The zero-order valence-electron chi connectivity index (χ0n) is 10.4. The number of azide groups is 1. The summed E-state index contributed by atoms with van der Waals surface area (Å²) in [6.45, 7) is 5.83. The van der Waals surface area contributed by atoms with Crippen LogP contribution in [0.4, 0.5) is 0 Å². The van der Waals surface area contributed by atoms with Crippen LogP contribution < -0.4 is 0 Å². The van der Waals surface area contributed by atoms with Gasteiger partial charge in [-0.1, -0.05) is 42.4 Å². The van der Waals surface area contributed by atoms with Crippen molar-refractivity contribution in [3.63, 3.8) is 0 Å². The van der Waals surface area contributed by atoms with Crippen molar-refractivity contribution >= 4 is 0 Å². The van der Waals surface area contributed by atoms with Crippen LogP contribution in [0.1, 0.15) is 25.3 Å². The average Bonchev–Trinajstić information content (AvgIpc) is 2.36. The van der Waals surface area contributed by atoms with Crippen molar-refractivity contribution in [3.05, 3.63) is 46.3 Å². The van der Waals surface area contributed by atoms with Gasteiger partial charge in [0.1, 0.15) is 0 Å². The third-order valence-corrected chi connectivity index (χ3v) is 2.58. The van der Waals surface area contributed by atoms with Crippen molar-refractivity contribution in [1.29, 1.82) is 0 Å². The minimum Gasteiger partial charge on any atom is -0.299 e. The quantitative estimate of drug-likeness (QED) is 0.292. The summed E-state index contributed by atoms with van der Waals surface area (Å²) in [5, 5.41) is 3.56. The molecule has 1 rings (SSSR count). The summed E-state index contributed by atoms with van der Waals surface area (Å²) < 4.78 is 0. The molecule has 0 heterocycles. The molecule has 92 valence electrons. The Kier molecular flexibility index (Phi) is 6.87. The van der Waals surface area contributed by atoms with Crippen LogP contribution in [0, 0.1) is 0 Å². The van der Waals surface area contributed by atoms with Gasteiger partial charge in [-0.2, -0.15) is 0 Å². The lowest BCUT2D eigenvalue weighted by Crippen LogP contribution is -2.25. The highest BCUT2D eigenvalue weighted by molar-refractivity contribution is 5.14. The van der Waals surface area contributed by atoms with Gasteiger partial charge in [0, 0.05) is 18.0 Å². The van der Waals surface area contributed by atoms with Crippen LogP contribution in [0.5, 0.6) is 0 Å². The van der Waals surface area contributed by atoms with Crippen LogP contribution in [0.25, 0.3) is 10.4 Å². The highest BCUT2D eigenvalue weighted by atomic mass is 15.1. The van der Waals surface area contributed by atoms with Crippen LogP contribution in [0.15, 0.2) is 35.4 Å². The summed E-state index contributed by atoms with van der Waals surface area (Å²) in [6, 6.07) is 10.5. The highest BCUT2D eigenvalue weighted by Gasteiger charge is 2.03. The van der Waals surface area contributed by atoms with Crippen molar-refractivity contribution in [2.24, 2.45) is 5.11 Å². The Morgan fingerprint density at radius 1 is 1.24 bits per heavy atom. The van der Waals surface area contributed by atoms with E-state index in [4.69, 9.17) is 5.53 Å². The maximum atomic E-state index is 8.21. The van der Waals surface area contributed by atoms with E-state index in [0.717, 1.165) is 32.5 Å². The van der Waals surface area contributed by atoms with Crippen molar-refractivity contribution in [2.75, 3.05) is 19.6 Å². The van der Waals surface area contributed by atoms with Gasteiger partial charge in [-0.3, -0.25) is 4.90 Å². The molecule has 0 aliphatic rings. The summed E-state index contributed by atoms with van der Waals surface area (Å²) in [5.74, 6) is 0. The first kappa shape index (κ1) is 13.6. The van der Waals surface area contributed by atoms with E-state index in [0.29, 0.717) is 6.54 Å². The molecule has 1 aromatic rings. The molecule has 0 unspecified atom stereocenters. The van der Waals surface area contributed by atoms with Crippen LogP contribution in [0.2, 0.25) is 0 Å². The molecule has 0 aromatic heterocycles. The van der Waals surface area contributed by atoms with Gasteiger partial charge >= 0.3 is 0 Å². The molecule has 0 bridgehead atoms. The maximum Gasteiger partial charge on any atom is 0.0270 e. The van der Waals surface area contributed by atoms with E-state index in [-0.39, 0.29) is 0 Å². The zero-order valence-corrected chi connectivity index (χ0v) is 10.4. The summed E-state index contributed by atoms with van der Waals surface area (Å²) in [5.41, 5.74) is 9.55. The summed E-state index contributed by atoms with van der Waals surface area (Å²) in [7, 11) is 0. The van der Waals surface area contributed by atoms with E-state index in [1.54, 1.807) is 0 Å². The largest absolute Gasteiger partial charge is 0.299 e. The molecule has 0 aliphatic heterocycles. The molecule has 17 heavy (non-hydrogen) atoms. The van der Waals surface area contributed by atoms with E-state index in [2.05, 4.69) is 46.1 Å². The standard InChI is InChI=1S/C13H20N4/c1-2-10-17(11-6-9-15-16-14)12-13-7-4-3-5-8-13/h3-5,7-8H,2,6,9-12H2,1H3. The Hall–Kier alpha value is -1.51. The Bertz CT molecular complexity index is 344. The smallest absolute Gasteiger partial charge is 0.0270 e. The highest BCUT2D eigenvalue weighted by Crippen LogP contribution is 2.05. The van der Waals surface area contributed by atoms with Gasteiger partial charge in [0.25, 0.3) is 0 Å². The molecule has 4 heteroatoms. The zero-order chi connectivity index (χ0) is 12.3. The lowest BCUT2D eigenvalue weighted by Gasteiger charge is -2.21. The molecule has 0 spiro atoms. The number of benzene rings is 1. The fourth-order valence-corrected chi connectivity index (χ4v) is 1.84. The summed E-state index contributed by atoms with van der Waals surface area (Å²) >= 11 is 0. The van der Waals surface area contributed by atoms with Crippen LogP contribution in [0.3, 0.4) is 0 Å². The number of rotatable bonds is 8. The van der Waals surface area contributed by atoms with E-state index in [9.17, 15) is 0 Å². The van der Waals surface area contributed by atoms with Gasteiger partial charge in [-0.05, 0) is 37.0 Å². The lowest BCUT2D eigenvalue weighted by molar-refractivity contribution is 0.264. The minimum atomic E-state index is 0.589. The second-order valence-electron chi connectivity index (χ2n) is 4.07. The third-order valence-electron chi connectivity index (χ3n) is 2.58. The third kappa shape index (κ3) is 5.95. The molecule has 0 aliphatic carbocycles. The number of nitrogens with zero attached hydrogens (tertiary/aromatic N) is 4. The van der Waals surface area contributed by atoms with Gasteiger partial charge in [-0.15, -0.1) is 0 Å². The molecule has 0 fully saturated rings. The SMILES string of the molecule is CCCN(CCCN=[N+]=[N-])Cc1ccccc1. The minimum absolute atomic E-state index is 0.589. The second kappa shape index (κ2) is 8.62. The monoisotopic (exact) mass is 232 g/mol. The average molecular weight is 232 g/mol. The first-order valence-electron chi connectivity index (χ1n) is 6.14. The van der Waals surface area contributed by atoms with Crippen molar-refractivity contribution in [3.8, 4) is 0 Å². The Labute approximate surface area is 103 Å². The van der Waals surface area contributed by atoms with E-state index in [1.165, 1.54) is 5.56 Å². The van der Waals surface area contributed by atoms with Crippen molar-refractivity contribution in [2.45, 2.75) is 26.3 Å². The van der Waals surface area contributed by atoms with E-state index >= 15 is 0 Å². The van der Waals surface area contributed by atoms with Gasteiger partial charge in [0.15, 0.2) is 0 Å². The molecule has 0 saturated carbocycles. The Morgan fingerprint density at radius 2 is 2.00 bits per heavy atom. The topological polar surface area (TPSA) is 52.0 Å². The Morgan fingerprint density at radius 3 is 2.65 bits per heavy atom. The van der Waals surface area contributed by atoms with Crippen LogP contribution in [-0.2, 0) is 6.54 Å². The fraction of sp³-hybridized carbons (Fsp3) is 0.538. The molecule has 0 radical (unpaired) electrons. The maximum absolute atomic E-state index is 8.21. The predicted octanol–water partition coefficient (Wildman–Crippen LogP) is 3.60. The van der Waals surface area contributed by atoms with Crippen LogP contribution in [-0.4, -0.2) is 24.5 Å². The van der Waals surface area contributed by atoms with Gasteiger partial charge < -0.3 is 0 Å². The summed E-state index contributed by atoms with van der Waals surface area (Å²) in [4.78, 5) is 5.17. The van der Waals surface area contributed by atoms with Gasteiger partial charge in [0.2, 0.25) is 0 Å². The second-order valence-corrected chi connectivity index (χ2v) is 4.07. The molecule has 1 aromatic carbocycles. The van der Waals surface area contributed by atoms with E-state index in [1.807, 2.05) is 6.07 Å². The summed E-state index contributed by atoms with van der Waals surface area (Å²) in [6.07, 6.45) is 2.07. The lowest BCUT2D eigenvalue weighted by atomic mass is 10.2. The van der Waals surface area contributed by atoms with Gasteiger partial charge in [0.05, 0.1) is 0 Å². The molecule has 0 saturated heterocycles. The normalized spacial score (nSPS) is 10.2. The molecule has 0 atom stereocenters. The molecular weight excluding hydrogens is 212 g/mol. The van der Waals surface area contributed by atoms with E-state index < -0.39 is 0 Å². The molecule has 0 amide bonds. The molecular formula is C13H20N4. The first-order chi connectivity index (χ1) is 8.36. The van der Waals surface area contributed by atoms with Gasteiger partial charge in [-0.25, -0.2) is 0 Å². The number of hydrogen-bond donors (Lipinski definition) is 0. The molecule has 4 nitrogen and oxygen atoms in total. The molecule has 0 N–H and O–H groups in total. The van der Waals surface area contributed by atoms with Crippen molar-refractivity contribution in [1.82, 2.24) is 4.90 Å². The predicted molar refractivity (Wildman–Crippen MR) is 70.6 cm³/mol. The Balaban J connectivity index is 2.39.